The van der Waals surface area contributed by atoms with Crippen LogP contribution in [0.25, 0.3) is 0 Å². The number of rotatable bonds is 2. The van der Waals surface area contributed by atoms with E-state index in [0.717, 1.165) is 4.47 Å². The van der Waals surface area contributed by atoms with Gasteiger partial charge in [-0.25, -0.2) is 0 Å². The van der Waals surface area contributed by atoms with Crippen LogP contribution in [-0.4, -0.2) is 5.91 Å². The average Bonchev–Trinajstić information content (AvgIpc) is 2.33. The van der Waals surface area contributed by atoms with Gasteiger partial charge in [0.1, 0.15) is 0 Å². The summed E-state index contributed by atoms with van der Waals surface area (Å²) in [5, 5.41) is 3.12. The van der Waals surface area contributed by atoms with E-state index in [1.165, 1.54) is 0 Å². The largest absolute Gasteiger partial charge is 0.397 e. The third kappa shape index (κ3) is 3.29. The van der Waals surface area contributed by atoms with Crippen LogP contribution < -0.4 is 11.1 Å². The number of nitrogen functional groups attached to an aromatic ring is 1. The Morgan fingerprint density at radius 3 is 2.58 bits per heavy atom. The zero-order valence-corrected chi connectivity index (χ0v) is 13.5. The summed E-state index contributed by atoms with van der Waals surface area (Å²) >= 11 is 12.7. The summed E-state index contributed by atoms with van der Waals surface area (Å²) in [7, 11) is 0. The molecule has 0 spiro atoms. The molecule has 0 saturated carbocycles. The molecular weight excluding hydrogens is 395 g/mol. The molecule has 0 aliphatic rings. The highest BCUT2D eigenvalue weighted by molar-refractivity contribution is 9.11. The summed E-state index contributed by atoms with van der Waals surface area (Å²) < 4.78 is 1.57. The van der Waals surface area contributed by atoms with Gasteiger partial charge in [0.15, 0.2) is 0 Å². The van der Waals surface area contributed by atoms with Crippen molar-refractivity contribution >= 4 is 60.7 Å². The number of hydrogen-bond acceptors (Lipinski definition) is 2. The number of nitrogens with one attached hydrogen (secondary N) is 1. The molecule has 98 valence electrons. The molecule has 3 N–H and O–H groups in total. The van der Waals surface area contributed by atoms with Crippen LogP contribution in [0.15, 0.2) is 45.3 Å². The number of anilines is 2. The van der Waals surface area contributed by atoms with Gasteiger partial charge in [-0.15, -0.1) is 0 Å². The predicted octanol–water partition coefficient (Wildman–Crippen LogP) is 4.70. The van der Waals surface area contributed by atoms with Gasteiger partial charge in [-0.1, -0.05) is 33.6 Å². The smallest absolute Gasteiger partial charge is 0.256 e. The summed E-state index contributed by atoms with van der Waals surface area (Å²) in [5.74, 6) is -0.279. The van der Waals surface area contributed by atoms with Gasteiger partial charge in [-0.3, -0.25) is 4.79 Å². The predicted molar refractivity (Wildman–Crippen MR) is 85.7 cm³/mol. The molecular formula is C13H9Br2ClN2O. The number of nitrogens with two attached hydrogens (primary N) is 1. The molecule has 3 nitrogen and oxygen atoms in total. The SMILES string of the molecule is Nc1cccc(Cl)c1NC(=O)c1ccc(Br)cc1Br. The van der Waals surface area contributed by atoms with Gasteiger partial charge in [0.2, 0.25) is 0 Å². The molecule has 0 radical (unpaired) electrons. The summed E-state index contributed by atoms with van der Waals surface area (Å²) in [6.45, 7) is 0. The van der Waals surface area contributed by atoms with Crippen molar-refractivity contribution in [3.05, 3.63) is 55.9 Å². The monoisotopic (exact) mass is 402 g/mol. The first-order valence-electron chi connectivity index (χ1n) is 5.29. The van der Waals surface area contributed by atoms with Crippen LogP contribution in [0.4, 0.5) is 11.4 Å². The molecule has 0 atom stereocenters. The van der Waals surface area contributed by atoms with Crippen LogP contribution in [0.1, 0.15) is 10.4 Å². The van der Waals surface area contributed by atoms with Gasteiger partial charge >= 0.3 is 0 Å². The topological polar surface area (TPSA) is 55.1 Å². The zero-order chi connectivity index (χ0) is 14.0. The standard InChI is InChI=1S/C13H9Br2ClN2O/c14-7-4-5-8(9(15)6-7)13(19)18-12-10(16)2-1-3-11(12)17/h1-6H,17H2,(H,18,19). The number of carbonyl (C=O) groups is 1. The number of carbonyl (C=O) groups excluding carboxylic acids is 1. The maximum absolute atomic E-state index is 12.2. The van der Waals surface area contributed by atoms with Crippen molar-refractivity contribution in [2.45, 2.75) is 0 Å². The minimum Gasteiger partial charge on any atom is -0.397 e. The summed E-state index contributed by atoms with van der Waals surface area (Å²) in [4.78, 5) is 12.2. The lowest BCUT2D eigenvalue weighted by Crippen LogP contribution is -2.14. The Hall–Kier alpha value is -1.04. The van der Waals surface area contributed by atoms with Gasteiger partial charge in [0.05, 0.1) is 22.0 Å². The molecule has 0 bridgehead atoms. The Morgan fingerprint density at radius 2 is 1.95 bits per heavy atom. The second-order valence-electron chi connectivity index (χ2n) is 3.78. The lowest BCUT2D eigenvalue weighted by Gasteiger charge is -2.11. The van der Waals surface area contributed by atoms with Crippen molar-refractivity contribution in [3.8, 4) is 0 Å². The van der Waals surface area contributed by atoms with E-state index in [1.54, 1.807) is 36.4 Å². The third-order valence-corrected chi connectivity index (χ3v) is 3.92. The van der Waals surface area contributed by atoms with Gasteiger partial charge in [0, 0.05) is 8.95 Å². The second-order valence-corrected chi connectivity index (χ2v) is 5.96. The van der Waals surface area contributed by atoms with Gasteiger partial charge < -0.3 is 11.1 Å². The highest BCUT2D eigenvalue weighted by Gasteiger charge is 2.13. The van der Waals surface area contributed by atoms with Crippen molar-refractivity contribution in [1.82, 2.24) is 0 Å². The van der Waals surface area contributed by atoms with E-state index >= 15 is 0 Å². The fourth-order valence-corrected chi connectivity index (χ4v) is 2.98. The lowest BCUT2D eigenvalue weighted by molar-refractivity contribution is 0.102. The molecule has 0 unspecified atom stereocenters. The number of benzene rings is 2. The van der Waals surface area contributed by atoms with Crippen molar-refractivity contribution in [3.63, 3.8) is 0 Å². The Bertz CT molecular complexity index is 626. The molecule has 2 rings (SSSR count). The van der Waals surface area contributed by atoms with E-state index in [-0.39, 0.29) is 5.91 Å². The molecule has 0 aliphatic carbocycles. The normalized spacial score (nSPS) is 10.3. The van der Waals surface area contributed by atoms with Crippen molar-refractivity contribution in [2.24, 2.45) is 0 Å². The Kier molecular flexibility index (Phi) is 4.50. The zero-order valence-electron chi connectivity index (χ0n) is 9.58. The van der Waals surface area contributed by atoms with E-state index in [1.807, 2.05) is 0 Å². The molecule has 0 heterocycles. The summed E-state index contributed by atoms with van der Waals surface area (Å²) in [6, 6.07) is 10.4. The number of halogens is 3. The van der Waals surface area contributed by atoms with Crippen LogP contribution in [0, 0.1) is 0 Å². The average molecular weight is 404 g/mol. The van der Waals surface area contributed by atoms with Crippen LogP contribution in [0.2, 0.25) is 5.02 Å². The minimum atomic E-state index is -0.279. The molecule has 1 amide bonds. The highest BCUT2D eigenvalue weighted by Crippen LogP contribution is 2.29. The van der Waals surface area contributed by atoms with Crippen molar-refractivity contribution in [1.29, 1.82) is 0 Å². The molecule has 2 aromatic carbocycles. The Morgan fingerprint density at radius 1 is 1.21 bits per heavy atom. The Labute approximate surface area is 132 Å². The highest BCUT2D eigenvalue weighted by atomic mass is 79.9. The van der Waals surface area contributed by atoms with Crippen molar-refractivity contribution < 1.29 is 4.79 Å². The van der Waals surface area contributed by atoms with Gasteiger partial charge in [-0.05, 0) is 46.3 Å². The first kappa shape index (κ1) is 14.4. The molecule has 6 heteroatoms. The quantitative estimate of drug-likeness (QED) is 0.713. The molecule has 0 aromatic heterocycles. The Balaban J connectivity index is 2.31. The lowest BCUT2D eigenvalue weighted by atomic mass is 10.2. The number of amides is 1. The fraction of sp³-hybridized carbons (Fsp3) is 0. The van der Waals surface area contributed by atoms with Crippen LogP contribution in [0.3, 0.4) is 0 Å². The number of hydrogen-bond donors (Lipinski definition) is 2. The number of para-hydroxylation sites is 1. The third-order valence-electron chi connectivity index (χ3n) is 2.46. The minimum absolute atomic E-state index is 0.279. The van der Waals surface area contributed by atoms with E-state index < -0.39 is 0 Å². The van der Waals surface area contributed by atoms with E-state index in [4.69, 9.17) is 17.3 Å². The first-order valence-corrected chi connectivity index (χ1v) is 7.26. The molecule has 0 fully saturated rings. The second kappa shape index (κ2) is 5.94. The molecule has 19 heavy (non-hydrogen) atoms. The van der Waals surface area contributed by atoms with Gasteiger partial charge in [-0.2, -0.15) is 0 Å². The van der Waals surface area contributed by atoms with Crippen molar-refractivity contribution in [2.75, 3.05) is 11.1 Å². The van der Waals surface area contributed by atoms with E-state index in [2.05, 4.69) is 37.2 Å². The molecule has 0 aliphatic heterocycles. The first-order chi connectivity index (χ1) is 8.99. The molecule has 2 aromatic rings. The summed E-state index contributed by atoms with van der Waals surface area (Å²) in [6.07, 6.45) is 0. The summed E-state index contributed by atoms with van der Waals surface area (Å²) in [5.41, 5.74) is 7.14. The van der Waals surface area contributed by atoms with Crippen LogP contribution in [-0.2, 0) is 0 Å². The maximum atomic E-state index is 12.2. The van der Waals surface area contributed by atoms with E-state index in [9.17, 15) is 4.79 Å². The fourth-order valence-electron chi connectivity index (χ4n) is 1.53. The van der Waals surface area contributed by atoms with E-state index in [0.29, 0.717) is 26.4 Å². The van der Waals surface area contributed by atoms with Gasteiger partial charge in [0.25, 0.3) is 5.91 Å². The molecule has 0 saturated heterocycles. The van der Waals surface area contributed by atoms with Crippen LogP contribution in [0.5, 0.6) is 0 Å². The van der Waals surface area contributed by atoms with Crippen LogP contribution >= 0.6 is 43.5 Å². The maximum Gasteiger partial charge on any atom is 0.256 e.